The van der Waals surface area contributed by atoms with Crippen molar-refractivity contribution in [1.82, 2.24) is 5.32 Å². The van der Waals surface area contributed by atoms with Crippen LogP contribution in [0.15, 0.2) is 0 Å². The molecule has 0 spiro atoms. The Morgan fingerprint density at radius 3 is 2.14 bits per heavy atom. The van der Waals surface area contributed by atoms with Gasteiger partial charge in [0.2, 0.25) is 0 Å². The number of nitrogens with one attached hydrogen (secondary N) is 1. The summed E-state index contributed by atoms with van der Waals surface area (Å²) >= 11 is 0. The first-order valence-corrected chi connectivity index (χ1v) is 9.50. The van der Waals surface area contributed by atoms with Crippen molar-refractivity contribution in [3.63, 3.8) is 0 Å². The number of ether oxygens (including phenoxy) is 1. The van der Waals surface area contributed by atoms with Crippen LogP contribution in [0.3, 0.4) is 0 Å². The van der Waals surface area contributed by atoms with Gasteiger partial charge in [-0.1, -0.05) is 26.2 Å². The lowest BCUT2D eigenvalue weighted by atomic mass is 9.48. The molecule has 1 unspecified atom stereocenters. The Hall–Kier alpha value is -0.0800. The number of unbranched alkanes of at least 4 members (excludes halogenated alkanes) is 3. The van der Waals surface area contributed by atoms with E-state index in [0.717, 1.165) is 31.0 Å². The van der Waals surface area contributed by atoms with Crippen LogP contribution < -0.4 is 5.32 Å². The number of hydrogen-bond acceptors (Lipinski definition) is 2. The fraction of sp³-hybridized carbons (Fsp3) is 1.00. The molecule has 2 nitrogen and oxygen atoms in total. The van der Waals surface area contributed by atoms with Crippen LogP contribution in [-0.4, -0.2) is 26.3 Å². The van der Waals surface area contributed by atoms with Gasteiger partial charge < -0.3 is 10.1 Å². The minimum atomic E-state index is 0.576. The van der Waals surface area contributed by atoms with Crippen LogP contribution >= 0.6 is 0 Å². The van der Waals surface area contributed by atoms with Crippen molar-refractivity contribution in [3.05, 3.63) is 0 Å². The zero-order valence-electron chi connectivity index (χ0n) is 14.2. The maximum absolute atomic E-state index is 6.06. The molecule has 21 heavy (non-hydrogen) atoms. The first-order chi connectivity index (χ1) is 10.3. The molecule has 4 bridgehead atoms. The molecular formula is C19H35NO. The van der Waals surface area contributed by atoms with Gasteiger partial charge in [-0.2, -0.15) is 0 Å². The SMILES string of the molecule is CCCCCCOCC(NC)C12CC3CC(CC(C3)C1)C2. The Labute approximate surface area is 131 Å². The molecular weight excluding hydrogens is 258 g/mol. The van der Waals surface area contributed by atoms with Gasteiger partial charge in [0.1, 0.15) is 0 Å². The quantitative estimate of drug-likeness (QED) is 0.637. The van der Waals surface area contributed by atoms with Crippen LogP contribution in [0.2, 0.25) is 0 Å². The molecule has 0 amide bonds. The first kappa shape index (κ1) is 15.8. The summed E-state index contributed by atoms with van der Waals surface area (Å²) in [5.41, 5.74) is 0.576. The zero-order valence-corrected chi connectivity index (χ0v) is 14.2. The normalized spacial score (nSPS) is 38.9. The molecule has 4 aliphatic carbocycles. The van der Waals surface area contributed by atoms with Gasteiger partial charge in [-0.05, 0) is 75.2 Å². The van der Waals surface area contributed by atoms with Crippen molar-refractivity contribution < 1.29 is 4.74 Å². The van der Waals surface area contributed by atoms with Crippen molar-refractivity contribution in [1.29, 1.82) is 0 Å². The minimum Gasteiger partial charge on any atom is -0.380 e. The summed E-state index contributed by atoms with van der Waals surface area (Å²) in [6.07, 6.45) is 14.3. The smallest absolute Gasteiger partial charge is 0.0624 e. The molecule has 0 aromatic carbocycles. The third-order valence-corrected chi connectivity index (χ3v) is 6.60. The summed E-state index contributed by atoms with van der Waals surface area (Å²) in [6, 6.07) is 0.595. The molecule has 4 aliphatic rings. The molecule has 122 valence electrons. The Morgan fingerprint density at radius 1 is 1.00 bits per heavy atom. The van der Waals surface area contributed by atoms with E-state index in [-0.39, 0.29) is 0 Å². The minimum absolute atomic E-state index is 0.576. The van der Waals surface area contributed by atoms with Crippen LogP contribution in [0.25, 0.3) is 0 Å². The molecule has 4 rings (SSSR count). The van der Waals surface area contributed by atoms with Crippen LogP contribution in [-0.2, 0) is 4.74 Å². The van der Waals surface area contributed by atoms with E-state index in [0.29, 0.717) is 11.5 Å². The van der Waals surface area contributed by atoms with E-state index in [2.05, 4.69) is 19.3 Å². The van der Waals surface area contributed by atoms with Crippen molar-refractivity contribution in [2.45, 2.75) is 77.2 Å². The third kappa shape index (κ3) is 3.47. The Morgan fingerprint density at radius 2 is 1.62 bits per heavy atom. The number of hydrogen-bond donors (Lipinski definition) is 1. The second-order valence-electron chi connectivity index (χ2n) is 8.26. The molecule has 0 saturated heterocycles. The van der Waals surface area contributed by atoms with E-state index in [4.69, 9.17) is 4.74 Å². The van der Waals surface area contributed by atoms with Gasteiger partial charge in [0.05, 0.1) is 6.61 Å². The second-order valence-corrected chi connectivity index (χ2v) is 8.26. The zero-order chi connectivity index (χ0) is 14.7. The molecule has 4 fully saturated rings. The largest absolute Gasteiger partial charge is 0.380 e. The van der Waals surface area contributed by atoms with Crippen molar-refractivity contribution in [2.75, 3.05) is 20.3 Å². The molecule has 0 aromatic rings. The summed E-state index contributed by atoms with van der Waals surface area (Å²) in [4.78, 5) is 0. The summed E-state index contributed by atoms with van der Waals surface area (Å²) in [6.45, 7) is 4.17. The lowest BCUT2D eigenvalue weighted by Crippen LogP contribution is -2.56. The van der Waals surface area contributed by atoms with E-state index in [1.807, 2.05) is 0 Å². The average Bonchev–Trinajstić information content (AvgIpc) is 2.45. The number of rotatable bonds is 9. The average molecular weight is 293 g/mol. The molecule has 0 aromatic heterocycles. The highest BCUT2D eigenvalue weighted by molar-refractivity contribution is 5.05. The van der Waals surface area contributed by atoms with E-state index in [9.17, 15) is 0 Å². The summed E-state index contributed by atoms with van der Waals surface area (Å²) in [7, 11) is 2.16. The molecule has 0 radical (unpaired) electrons. The summed E-state index contributed by atoms with van der Waals surface area (Å²) in [5, 5.41) is 3.64. The topological polar surface area (TPSA) is 21.3 Å². The second kappa shape index (κ2) is 7.00. The van der Waals surface area contributed by atoms with Crippen LogP contribution in [0.5, 0.6) is 0 Å². The Bertz CT molecular complexity index is 292. The van der Waals surface area contributed by atoms with Gasteiger partial charge in [0, 0.05) is 12.6 Å². The fourth-order valence-electron chi connectivity index (χ4n) is 6.00. The lowest BCUT2D eigenvalue weighted by Gasteiger charge is -2.59. The van der Waals surface area contributed by atoms with E-state index >= 15 is 0 Å². The maximum Gasteiger partial charge on any atom is 0.0624 e. The van der Waals surface area contributed by atoms with Gasteiger partial charge in [-0.25, -0.2) is 0 Å². The molecule has 4 saturated carbocycles. The highest BCUT2D eigenvalue weighted by atomic mass is 16.5. The molecule has 0 heterocycles. The van der Waals surface area contributed by atoms with Gasteiger partial charge in [-0.15, -0.1) is 0 Å². The molecule has 0 aliphatic heterocycles. The van der Waals surface area contributed by atoms with Crippen LogP contribution in [0.4, 0.5) is 0 Å². The van der Waals surface area contributed by atoms with Crippen LogP contribution in [0.1, 0.15) is 71.1 Å². The highest BCUT2D eigenvalue weighted by Crippen LogP contribution is 2.61. The summed E-state index contributed by atoms with van der Waals surface area (Å²) < 4.78 is 6.06. The predicted molar refractivity (Wildman–Crippen MR) is 88.4 cm³/mol. The van der Waals surface area contributed by atoms with Crippen molar-refractivity contribution in [3.8, 4) is 0 Å². The molecule has 2 heteroatoms. The molecule has 1 N–H and O–H groups in total. The Kier molecular flexibility index (Phi) is 5.27. The lowest BCUT2D eigenvalue weighted by molar-refractivity contribution is -0.0873. The van der Waals surface area contributed by atoms with Gasteiger partial charge in [0.15, 0.2) is 0 Å². The van der Waals surface area contributed by atoms with Crippen LogP contribution in [0, 0.1) is 23.2 Å². The van der Waals surface area contributed by atoms with Crippen molar-refractivity contribution >= 4 is 0 Å². The molecule has 1 atom stereocenters. The number of likely N-dealkylation sites (N-methyl/N-ethyl adjacent to an activating group) is 1. The van der Waals surface area contributed by atoms with Gasteiger partial charge in [-0.3, -0.25) is 0 Å². The third-order valence-electron chi connectivity index (χ3n) is 6.60. The van der Waals surface area contributed by atoms with Gasteiger partial charge >= 0.3 is 0 Å². The monoisotopic (exact) mass is 293 g/mol. The van der Waals surface area contributed by atoms with E-state index in [1.165, 1.54) is 64.2 Å². The predicted octanol–water partition coefficient (Wildman–Crippen LogP) is 4.39. The first-order valence-electron chi connectivity index (χ1n) is 9.50. The standard InChI is InChI=1S/C19H35NO/c1-3-4-5-6-7-21-14-18(20-2)19-11-15-8-16(12-19)10-17(9-15)13-19/h15-18,20H,3-14H2,1-2H3. The maximum atomic E-state index is 6.06. The van der Waals surface area contributed by atoms with Crippen molar-refractivity contribution in [2.24, 2.45) is 23.2 Å². The van der Waals surface area contributed by atoms with E-state index in [1.54, 1.807) is 0 Å². The highest BCUT2D eigenvalue weighted by Gasteiger charge is 2.53. The van der Waals surface area contributed by atoms with Gasteiger partial charge in [0.25, 0.3) is 0 Å². The Balaban J connectivity index is 1.49. The summed E-state index contributed by atoms with van der Waals surface area (Å²) in [5.74, 6) is 3.12. The van der Waals surface area contributed by atoms with E-state index < -0.39 is 0 Å². The fourth-order valence-corrected chi connectivity index (χ4v) is 6.00.